The molecule has 286 valence electrons. The molecule has 0 aliphatic heterocycles. The molecule has 1 amide bonds. The zero-order valence-corrected chi connectivity index (χ0v) is 34.1. The molecule has 11 heteroatoms. The Kier molecular flexibility index (Phi) is 13.7. The molecule has 54 heavy (non-hydrogen) atoms. The average Bonchev–Trinajstić information content (AvgIpc) is 3.13. The lowest BCUT2D eigenvalue weighted by Crippen LogP contribution is -2.49. The first-order chi connectivity index (χ1) is 25.7. The molecule has 1 atom stereocenters. The van der Waals surface area contributed by atoms with Gasteiger partial charge in [0.15, 0.2) is 8.32 Å². The van der Waals surface area contributed by atoms with Gasteiger partial charge in [0, 0.05) is 36.8 Å². The fraction of sp³-hybridized carbons (Fsp3) is 0.349. The number of aromatic nitrogens is 1. The van der Waals surface area contributed by atoms with Gasteiger partial charge >= 0.3 is 0 Å². The summed E-state index contributed by atoms with van der Waals surface area (Å²) in [5.41, 5.74) is 3.15. The quantitative estimate of drug-likeness (QED) is 0.0881. The number of nitrogens with one attached hydrogen (secondary N) is 1. The van der Waals surface area contributed by atoms with Gasteiger partial charge < -0.3 is 13.9 Å². The molecule has 0 saturated heterocycles. The van der Waals surface area contributed by atoms with Crippen LogP contribution in [-0.4, -0.2) is 64.1 Å². The topological polar surface area (TPSA) is 107 Å². The molecule has 1 aromatic heterocycles. The Morgan fingerprint density at radius 3 is 2.22 bits per heavy atom. The van der Waals surface area contributed by atoms with Gasteiger partial charge in [0.1, 0.15) is 23.9 Å². The van der Waals surface area contributed by atoms with E-state index in [4.69, 9.17) is 13.9 Å². The summed E-state index contributed by atoms with van der Waals surface area (Å²) >= 11 is 0. The van der Waals surface area contributed by atoms with E-state index in [1.165, 1.54) is 11.1 Å². The number of hydrogen-bond acceptors (Lipinski definition) is 8. The largest absolute Gasteiger partial charge is 0.491 e. The number of carbonyl (C=O) groups is 1. The van der Waals surface area contributed by atoms with Crippen LogP contribution in [0, 0.1) is 0 Å². The van der Waals surface area contributed by atoms with E-state index < -0.39 is 24.2 Å². The van der Waals surface area contributed by atoms with Crippen molar-refractivity contribution in [3.05, 3.63) is 132 Å². The predicted molar refractivity (Wildman–Crippen MR) is 219 cm³/mol. The van der Waals surface area contributed by atoms with Crippen LogP contribution in [0.3, 0.4) is 0 Å². The van der Waals surface area contributed by atoms with Crippen LogP contribution in [0.1, 0.15) is 55.6 Å². The van der Waals surface area contributed by atoms with E-state index in [1.54, 1.807) is 37.4 Å². The second kappa shape index (κ2) is 18.2. The maximum atomic E-state index is 12.6. The Morgan fingerprint density at radius 2 is 1.56 bits per heavy atom. The molecule has 9 nitrogen and oxygen atoms in total. The third-order valence-corrected chi connectivity index (χ3v) is 15.7. The number of sulfonamides is 1. The molecule has 0 spiro atoms. The first-order valence-corrected chi connectivity index (χ1v) is 23.1. The second-order valence-corrected chi connectivity index (χ2v) is 21.7. The van der Waals surface area contributed by atoms with Crippen molar-refractivity contribution in [1.82, 2.24) is 14.6 Å². The Labute approximate surface area is 321 Å². The molecule has 1 heterocycles. The molecule has 0 bridgehead atoms. The molecule has 0 aliphatic carbocycles. The summed E-state index contributed by atoms with van der Waals surface area (Å²) in [5, 5.41) is 0.768. The van der Waals surface area contributed by atoms with Gasteiger partial charge in [0.2, 0.25) is 10.0 Å². The fourth-order valence-electron chi connectivity index (χ4n) is 5.80. The highest BCUT2D eigenvalue weighted by Crippen LogP contribution is 2.37. The number of ether oxygens (including phenoxy) is 2. The van der Waals surface area contributed by atoms with Gasteiger partial charge in [-0.3, -0.25) is 14.7 Å². The van der Waals surface area contributed by atoms with Crippen molar-refractivity contribution in [1.29, 1.82) is 0 Å². The van der Waals surface area contributed by atoms with Crippen LogP contribution in [0.5, 0.6) is 17.2 Å². The number of para-hydroxylation sites is 1. The molecular weight excluding hydrogens is 715 g/mol. The van der Waals surface area contributed by atoms with Crippen LogP contribution in [0.4, 0.5) is 0 Å². The summed E-state index contributed by atoms with van der Waals surface area (Å²) in [6.07, 6.45) is 2.74. The number of rotatable bonds is 18. The van der Waals surface area contributed by atoms with Crippen molar-refractivity contribution in [2.45, 2.75) is 71.3 Å². The number of amides is 1. The summed E-state index contributed by atoms with van der Waals surface area (Å²) in [4.78, 5) is 19.5. The van der Waals surface area contributed by atoms with Gasteiger partial charge in [-0.2, -0.15) is 0 Å². The third kappa shape index (κ3) is 11.7. The lowest BCUT2D eigenvalue weighted by molar-refractivity contribution is 0.0733. The number of fused-ring (bicyclic) bond motifs is 1. The Bertz CT molecular complexity index is 2070. The fourth-order valence-corrected chi connectivity index (χ4v) is 8.17. The van der Waals surface area contributed by atoms with Gasteiger partial charge in [0.25, 0.3) is 5.91 Å². The molecule has 1 N–H and O–H groups in total. The van der Waals surface area contributed by atoms with Crippen molar-refractivity contribution in [2.24, 2.45) is 0 Å². The molecule has 0 aliphatic rings. The minimum atomic E-state index is -3.69. The van der Waals surface area contributed by atoms with Crippen LogP contribution in [0.25, 0.3) is 10.9 Å². The zero-order valence-electron chi connectivity index (χ0n) is 32.2. The summed E-state index contributed by atoms with van der Waals surface area (Å²) in [6.45, 7) is 15.9. The van der Waals surface area contributed by atoms with Crippen molar-refractivity contribution in [3.8, 4) is 17.2 Å². The second-order valence-electron chi connectivity index (χ2n) is 15.1. The molecule has 4 aromatic carbocycles. The number of hydrogen-bond donors (Lipinski definition) is 1. The Balaban J connectivity index is 1.28. The van der Waals surface area contributed by atoms with Crippen LogP contribution in [0.2, 0.25) is 18.1 Å². The lowest BCUT2D eigenvalue weighted by atomic mass is 10.1. The number of nitrogens with zero attached hydrogens (tertiary/aromatic N) is 2. The van der Waals surface area contributed by atoms with Crippen molar-refractivity contribution in [2.75, 3.05) is 25.4 Å². The van der Waals surface area contributed by atoms with Gasteiger partial charge in [0.05, 0.1) is 17.4 Å². The van der Waals surface area contributed by atoms with Crippen LogP contribution in [0.15, 0.2) is 115 Å². The molecular formula is C43H53N3O6SSi. The highest BCUT2D eigenvalue weighted by Gasteiger charge is 2.39. The summed E-state index contributed by atoms with van der Waals surface area (Å²) < 4.78 is 45.9. The monoisotopic (exact) mass is 767 g/mol. The number of benzene rings is 4. The van der Waals surface area contributed by atoms with E-state index in [2.05, 4.69) is 84.9 Å². The molecule has 5 aromatic rings. The van der Waals surface area contributed by atoms with Crippen molar-refractivity contribution in [3.63, 3.8) is 0 Å². The molecule has 0 radical (unpaired) electrons. The highest BCUT2D eigenvalue weighted by atomic mass is 32.2. The summed E-state index contributed by atoms with van der Waals surface area (Å²) in [5.74, 6) is 1.28. The summed E-state index contributed by atoms with van der Waals surface area (Å²) in [7, 11) is -5.79. The average molecular weight is 768 g/mol. The van der Waals surface area contributed by atoms with Crippen LogP contribution >= 0.6 is 0 Å². The minimum Gasteiger partial charge on any atom is -0.491 e. The van der Waals surface area contributed by atoms with E-state index in [0.717, 1.165) is 31.8 Å². The zero-order chi connectivity index (χ0) is 38.8. The third-order valence-electron chi connectivity index (χ3n) is 9.71. The van der Waals surface area contributed by atoms with Gasteiger partial charge in [-0.25, -0.2) is 13.1 Å². The highest BCUT2D eigenvalue weighted by molar-refractivity contribution is 7.90. The molecule has 1 unspecified atom stereocenters. The van der Waals surface area contributed by atoms with E-state index in [-0.39, 0.29) is 22.5 Å². The molecule has 0 fully saturated rings. The number of carbonyl (C=O) groups excluding carboxylic acids is 1. The van der Waals surface area contributed by atoms with Gasteiger partial charge in [-0.05, 0) is 90.6 Å². The first-order valence-electron chi connectivity index (χ1n) is 18.5. The number of pyridine rings is 1. The van der Waals surface area contributed by atoms with Gasteiger partial charge in [-0.15, -0.1) is 0 Å². The normalized spacial score (nSPS) is 12.8. The Hall–Kier alpha value is -4.55. The van der Waals surface area contributed by atoms with Crippen molar-refractivity contribution < 1.29 is 27.1 Å². The van der Waals surface area contributed by atoms with Crippen molar-refractivity contribution >= 4 is 35.2 Å². The maximum Gasteiger partial charge on any atom is 0.264 e. The summed E-state index contributed by atoms with van der Waals surface area (Å²) in [6, 6.07) is 35.2. The molecule has 5 rings (SSSR count). The van der Waals surface area contributed by atoms with E-state index in [0.29, 0.717) is 35.4 Å². The van der Waals surface area contributed by atoms with E-state index >= 15 is 0 Å². The standard InChI is InChI=1S/C43H53N3O6SSi/c1-7-28-53(48,49)45-42(47)35-20-23-39-40(29-35)44-26-24-41(39)51-37-21-18-33(19-22-37)25-27-46(30-34-14-10-8-11-15-34)31-38(52-54(5,6)43(2,3)4)32-50-36-16-12-9-13-17-36/h8-24,26,29,38H,7,25,27-28,30-32H2,1-6H3,(H,45,47). The SMILES string of the molecule is CCCS(=O)(=O)NC(=O)c1ccc2c(Oc3ccc(CCN(Cc4ccccc4)CC(COc4ccccc4)O[Si](C)(C)C(C)(C)C)cc3)ccnc2c1. The van der Waals surface area contributed by atoms with Crippen LogP contribution < -0.4 is 14.2 Å². The van der Waals surface area contributed by atoms with E-state index in [9.17, 15) is 13.2 Å². The van der Waals surface area contributed by atoms with E-state index in [1.807, 2.05) is 48.5 Å². The minimum absolute atomic E-state index is 0.0629. The Morgan fingerprint density at radius 1 is 0.870 bits per heavy atom. The lowest BCUT2D eigenvalue weighted by Gasteiger charge is -2.40. The van der Waals surface area contributed by atoms with Crippen LogP contribution in [-0.2, 0) is 27.4 Å². The smallest absolute Gasteiger partial charge is 0.264 e. The van der Waals surface area contributed by atoms with Gasteiger partial charge in [-0.1, -0.05) is 88.4 Å². The first kappa shape index (κ1) is 40.6. The predicted octanol–water partition coefficient (Wildman–Crippen LogP) is 9.01. The maximum absolute atomic E-state index is 12.6. The molecule has 0 saturated carbocycles.